The molecule has 0 aliphatic heterocycles. The van der Waals surface area contributed by atoms with E-state index < -0.39 is 0 Å². The minimum Gasteiger partial charge on any atom is -0.387 e. The first kappa shape index (κ1) is 15.1. The van der Waals surface area contributed by atoms with Gasteiger partial charge in [0, 0.05) is 18.8 Å². The molecule has 2 aromatic carbocycles. The molecule has 1 unspecified atom stereocenters. The Hall–Kier alpha value is -2.29. The standard InChI is InChI=1S/C18H22N2O/c1-13-9-10-16(17(11-13)19-3)18(21)20-14(2)12-15-7-5-4-6-8-15/h4-11,14,19H,12H2,1-3H3,(H,20,21). The first-order valence-electron chi connectivity index (χ1n) is 7.23. The highest BCUT2D eigenvalue weighted by atomic mass is 16.1. The van der Waals surface area contributed by atoms with Crippen molar-refractivity contribution in [3.8, 4) is 0 Å². The Morgan fingerprint density at radius 2 is 1.86 bits per heavy atom. The van der Waals surface area contributed by atoms with Gasteiger partial charge in [-0.25, -0.2) is 0 Å². The average Bonchev–Trinajstić information content (AvgIpc) is 2.47. The summed E-state index contributed by atoms with van der Waals surface area (Å²) < 4.78 is 0. The zero-order valence-corrected chi connectivity index (χ0v) is 12.8. The summed E-state index contributed by atoms with van der Waals surface area (Å²) >= 11 is 0. The van der Waals surface area contributed by atoms with Gasteiger partial charge in [0.15, 0.2) is 0 Å². The third-order valence-electron chi connectivity index (χ3n) is 3.45. The third kappa shape index (κ3) is 4.09. The molecular formula is C18H22N2O. The predicted octanol–water partition coefficient (Wildman–Crippen LogP) is 3.40. The Kier molecular flexibility index (Phi) is 4.99. The zero-order chi connectivity index (χ0) is 15.2. The number of rotatable bonds is 5. The molecule has 0 spiro atoms. The van der Waals surface area contributed by atoms with Crippen molar-refractivity contribution in [1.29, 1.82) is 0 Å². The van der Waals surface area contributed by atoms with Crippen molar-refractivity contribution < 1.29 is 4.79 Å². The summed E-state index contributed by atoms with van der Waals surface area (Å²) in [4.78, 5) is 12.4. The van der Waals surface area contributed by atoms with Crippen molar-refractivity contribution in [3.63, 3.8) is 0 Å². The molecule has 0 saturated carbocycles. The second kappa shape index (κ2) is 6.93. The largest absolute Gasteiger partial charge is 0.387 e. The van der Waals surface area contributed by atoms with E-state index >= 15 is 0 Å². The third-order valence-corrected chi connectivity index (χ3v) is 3.45. The molecule has 0 heterocycles. The Bertz CT molecular complexity index is 608. The van der Waals surface area contributed by atoms with E-state index in [9.17, 15) is 4.79 Å². The van der Waals surface area contributed by atoms with Gasteiger partial charge >= 0.3 is 0 Å². The fraction of sp³-hybridized carbons (Fsp3) is 0.278. The topological polar surface area (TPSA) is 41.1 Å². The number of carbonyl (C=O) groups is 1. The van der Waals surface area contributed by atoms with E-state index in [0.29, 0.717) is 5.56 Å². The fourth-order valence-electron chi connectivity index (χ4n) is 2.38. The molecule has 1 amide bonds. The average molecular weight is 282 g/mol. The second-order valence-electron chi connectivity index (χ2n) is 5.36. The van der Waals surface area contributed by atoms with E-state index in [2.05, 4.69) is 22.8 Å². The van der Waals surface area contributed by atoms with E-state index in [1.54, 1.807) is 0 Å². The van der Waals surface area contributed by atoms with Crippen LogP contribution >= 0.6 is 0 Å². The predicted molar refractivity (Wildman–Crippen MR) is 87.8 cm³/mol. The van der Waals surface area contributed by atoms with Gasteiger partial charge in [0.2, 0.25) is 0 Å². The molecule has 0 aliphatic rings. The van der Waals surface area contributed by atoms with Crippen LogP contribution in [0.3, 0.4) is 0 Å². The number of amides is 1. The minimum absolute atomic E-state index is 0.0391. The molecule has 0 fully saturated rings. The van der Waals surface area contributed by atoms with E-state index in [1.807, 2.05) is 57.3 Å². The van der Waals surface area contributed by atoms with Crippen molar-refractivity contribution in [2.75, 3.05) is 12.4 Å². The maximum Gasteiger partial charge on any atom is 0.253 e. The monoisotopic (exact) mass is 282 g/mol. The van der Waals surface area contributed by atoms with Gasteiger partial charge in [0.1, 0.15) is 0 Å². The number of hydrogen-bond acceptors (Lipinski definition) is 2. The fourth-order valence-corrected chi connectivity index (χ4v) is 2.38. The highest BCUT2D eigenvalue weighted by molar-refractivity contribution is 5.99. The van der Waals surface area contributed by atoms with Crippen LogP contribution in [0.2, 0.25) is 0 Å². The van der Waals surface area contributed by atoms with E-state index in [-0.39, 0.29) is 11.9 Å². The van der Waals surface area contributed by atoms with E-state index in [4.69, 9.17) is 0 Å². The molecule has 2 rings (SSSR count). The Labute approximate surface area is 126 Å². The van der Waals surface area contributed by atoms with E-state index in [1.165, 1.54) is 5.56 Å². The molecule has 21 heavy (non-hydrogen) atoms. The number of aryl methyl sites for hydroxylation is 1. The maximum atomic E-state index is 12.4. The van der Waals surface area contributed by atoms with Gasteiger partial charge in [0.25, 0.3) is 5.91 Å². The number of anilines is 1. The van der Waals surface area contributed by atoms with Crippen LogP contribution < -0.4 is 10.6 Å². The van der Waals surface area contributed by atoms with Crippen molar-refractivity contribution in [2.45, 2.75) is 26.3 Å². The lowest BCUT2D eigenvalue weighted by Gasteiger charge is -2.16. The molecule has 0 saturated heterocycles. The smallest absolute Gasteiger partial charge is 0.253 e. The van der Waals surface area contributed by atoms with Gasteiger partial charge in [-0.05, 0) is 43.5 Å². The van der Waals surface area contributed by atoms with Crippen LogP contribution in [0.1, 0.15) is 28.4 Å². The van der Waals surface area contributed by atoms with Crippen LogP contribution in [0, 0.1) is 6.92 Å². The van der Waals surface area contributed by atoms with Gasteiger partial charge in [0.05, 0.1) is 5.56 Å². The lowest BCUT2D eigenvalue weighted by Crippen LogP contribution is -2.34. The van der Waals surface area contributed by atoms with Gasteiger partial charge < -0.3 is 10.6 Å². The first-order chi connectivity index (χ1) is 10.1. The molecule has 2 N–H and O–H groups in total. The Morgan fingerprint density at radius 1 is 1.14 bits per heavy atom. The SMILES string of the molecule is CNc1cc(C)ccc1C(=O)NC(C)Cc1ccccc1. The van der Waals surface area contributed by atoms with Crippen molar-refractivity contribution >= 4 is 11.6 Å². The van der Waals surface area contributed by atoms with Crippen molar-refractivity contribution in [3.05, 3.63) is 65.2 Å². The van der Waals surface area contributed by atoms with Crippen LogP contribution in [0.15, 0.2) is 48.5 Å². The molecule has 2 aromatic rings. The zero-order valence-electron chi connectivity index (χ0n) is 12.8. The molecular weight excluding hydrogens is 260 g/mol. The molecule has 0 aromatic heterocycles. The number of hydrogen-bond donors (Lipinski definition) is 2. The highest BCUT2D eigenvalue weighted by Gasteiger charge is 2.13. The van der Waals surface area contributed by atoms with Crippen LogP contribution in [0.4, 0.5) is 5.69 Å². The van der Waals surface area contributed by atoms with E-state index in [0.717, 1.165) is 17.7 Å². The Balaban J connectivity index is 2.04. The number of nitrogens with one attached hydrogen (secondary N) is 2. The summed E-state index contributed by atoms with van der Waals surface area (Å²) in [5.74, 6) is -0.0391. The van der Waals surface area contributed by atoms with Crippen molar-refractivity contribution in [1.82, 2.24) is 5.32 Å². The molecule has 110 valence electrons. The van der Waals surface area contributed by atoms with Gasteiger partial charge in [-0.2, -0.15) is 0 Å². The molecule has 3 nitrogen and oxygen atoms in total. The quantitative estimate of drug-likeness (QED) is 0.882. The molecule has 3 heteroatoms. The lowest BCUT2D eigenvalue weighted by atomic mass is 10.1. The molecule has 1 atom stereocenters. The number of carbonyl (C=O) groups excluding carboxylic acids is 1. The Morgan fingerprint density at radius 3 is 2.52 bits per heavy atom. The first-order valence-corrected chi connectivity index (χ1v) is 7.23. The minimum atomic E-state index is -0.0391. The highest BCUT2D eigenvalue weighted by Crippen LogP contribution is 2.17. The summed E-state index contributed by atoms with van der Waals surface area (Å²) in [5, 5.41) is 6.14. The lowest BCUT2D eigenvalue weighted by molar-refractivity contribution is 0.0941. The van der Waals surface area contributed by atoms with Gasteiger partial charge in [-0.15, -0.1) is 0 Å². The maximum absolute atomic E-state index is 12.4. The van der Waals surface area contributed by atoms with Crippen LogP contribution in [-0.2, 0) is 6.42 Å². The summed E-state index contributed by atoms with van der Waals surface area (Å²) in [6.07, 6.45) is 0.827. The normalized spacial score (nSPS) is 11.8. The van der Waals surface area contributed by atoms with Crippen LogP contribution in [-0.4, -0.2) is 19.0 Å². The molecule has 0 aliphatic carbocycles. The van der Waals surface area contributed by atoms with Crippen LogP contribution in [0.25, 0.3) is 0 Å². The molecule has 0 radical (unpaired) electrons. The molecule has 0 bridgehead atoms. The van der Waals surface area contributed by atoms with Gasteiger partial charge in [-0.3, -0.25) is 4.79 Å². The number of benzene rings is 2. The summed E-state index contributed by atoms with van der Waals surface area (Å²) in [5.41, 5.74) is 3.90. The second-order valence-corrected chi connectivity index (χ2v) is 5.36. The summed E-state index contributed by atoms with van der Waals surface area (Å²) in [6.45, 7) is 4.04. The summed E-state index contributed by atoms with van der Waals surface area (Å²) in [6, 6.07) is 16.1. The summed E-state index contributed by atoms with van der Waals surface area (Å²) in [7, 11) is 1.83. The van der Waals surface area contributed by atoms with Crippen molar-refractivity contribution in [2.24, 2.45) is 0 Å². The van der Waals surface area contributed by atoms with Gasteiger partial charge in [-0.1, -0.05) is 36.4 Å². The van der Waals surface area contributed by atoms with Crippen LogP contribution in [0.5, 0.6) is 0 Å².